The second kappa shape index (κ2) is 8.09. The summed E-state index contributed by atoms with van der Waals surface area (Å²) in [5.41, 5.74) is 2.03. The molecule has 3 heterocycles. The van der Waals surface area contributed by atoms with Crippen LogP contribution in [0.2, 0.25) is 0 Å². The largest absolute Gasteiger partial charge is 0.342 e. The van der Waals surface area contributed by atoms with Crippen LogP contribution in [-0.4, -0.2) is 39.2 Å². The molecule has 0 aliphatic carbocycles. The van der Waals surface area contributed by atoms with E-state index in [4.69, 9.17) is 4.98 Å². The first-order valence-electron chi connectivity index (χ1n) is 9.49. The minimum atomic E-state index is -0.0215. The number of carbonyl (C=O) groups is 1. The standard InChI is InChI=1S/C21H23N3O2S2/c1-14-15(2)28-19-18(14)20(26)24(12-16-8-4-3-5-9-16)21(22-19)27-13-17(25)23-10-6-7-11-23/h3-5,8-9H,6-7,10-13H2,1-2H3. The fourth-order valence-electron chi connectivity index (χ4n) is 3.51. The summed E-state index contributed by atoms with van der Waals surface area (Å²) in [7, 11) is 0. The Bertz CT molecular complexity index is 1070. The summed E-state index contributed by atoms with van der Waals surface area (Å²) in [6, 6.07) is 9.91. The van der Waals surface area contributed by atoms with Crippen LogP contribution in [0.4, 0.5) is 0 Å². The van der Waals surface area contributed by atoms with Crippen LogP contribution in [-0.2, 0) is 11.3 Å². The maximum absolute atomic E-state index is 13.3. The predicted octanol–water partition coefficient (Wildman–Crippen LogP) is 3.84. The molecule has 3 aromatic rings. The van der Waals surface area contributed by atoms with E-state index in [-0.39, 0.29) is 11.5 Å². The molecule has 0 atom stereocenters. The SMILES string of the molecule is Cc1sc2nc(SCC(=O)N3CCCC3)n(Cc3ccccc3)c(=O)c2c1C. The molecule has 7 heteroatoms. The average molecular weight is 414 g/mol. The molecule has 146 valence electrons. The van der Waals surface area contributed by atoms with Crippen LogP contribution in [0.25, 0.3) is 10.2 Å². The van der Waals surface area contributed by atoms with Gasteiger partial charge in [-0.3, -0.25) is 14.2 Å². The highest BCUT2D eigenvalue weighted by molar-refractivity contribution is 7.99. The Morgan fingerprint density at radius 1 is 1.18 bits per heavy atom. The molecule has 4 rings (SSSR count). The third kappa shape index (κ3) is 3.73. The zero-order chi connectivity index (χ0) is 19.7. The lowest BCUT2D eigenvalue weighted by atomic mass is 10.2. The van der Waals surface area contributed by atoms with Gasteiger partial charge in [-0.15, -0.1) is 11.3 Å². The van der Waals surface area contributed by atoms with Crippen LogP contribution in [0, 0.1) is 13.8 Å². The van der Waals surface area contributed by atoms with Crippen molar-refractivity contribution in [3.05, 3.63) is 56.7 Å². The highest BCUT2D eigenvalue weighted by atomic mass is 32.2. The number of aryl methyl sites for hydroxylation is 2. The number of thiophene rings is 1. The molecule has 1 amide bonds. The van der Waals surface area contributed by atoms with Crippen LogP contribution < -0.4 is 5.56 Å². The van der Waals surface area contributed by atoms with E-state index < -0.39 is 0 Å². The van der Waals surface area contributed by atoms with Gasteiger partial charge in [0.15, 0.2) is 5.16 Å². The Morgan fingerprint density at radius 2 is 1.89 bits per heavy atom. The van der Waals surface area contributed by atoms with Crippen molar-refractivity contribution in [2.75, 3.05) is 18.8 Å². The molecule has 0 N–H and O–H groups in total. The van der Waals surface area contributed by atoms with Crippen molar-refractivity contribution in [1.29, 1.82) is 0 Å². The third-order valence-corrected chi connectivity index (χ3v) is 7.28. The number of hydrogen-bond donors (Lipinski definition) is 0. The summed E-state index contributed by atoms with van der Waals surface area (Å²) in [6.07, 6.45) is 2.15. The number of nitrogens with zero attached hydrogens (tertiary/aromatic N) is 3. The average Bonchev–Trinajstić information content (AvgIpc) is 3.32. The van der Waals surface area contributed by atoms with Crippen LogP contribution >= 0.6 is 23.1 Å². The van der Waals surface area contributed by atoms with Gasteiger partial charge in [0.05, 0.1) is 17.7 Å². The summed E-state index contributed by atoms with van der Waals surface area (Å²) in [5, 5.41) is 1.32. The van der Waals surface area contributed by atoms with Crippen LogP contribution in [0.1, 0.15) is 28.8 Å². The summed E-state index contributed by atoms with van der Waals surface area (Å²) in [5.74, 6) is 0.442. The molecule has 1 fully saturated rings. The number of aromatic nitrogens is 2. The third-order valence-electron chi connectivity index (χ3n) is 5.22. The number of carbonyl (C=O) groups excluding carboxylic acids is 1. The smallest absolute Gasteiger partial charge is 0.263 e. The van der Waals surface area contributed by atoms with Gasteiger partial charge < -0.3 is 4.90 Å². The molecule has 0 radical (unpaired) electrons. The fourth-order valence-corrected chi connectivity index (χ4v) is 5.48. The topological polar surface area (TPSA) is 55.2 Å². The van der Waals surface area contributed by atoms with Crippen LogP contribution in [0.15, 0.2) is 40.3 Å². The minimum absolute atomic E-state index is 0.0215. The Balaban J connectivity index is 1.71. The van der Waals surface area contributed by atoms with Gasteiger partial charge in [-0.1, -0.05) is 42.1 Å². The number of fused-ring (bicyclic) bond motifs is 1. The molecule has 5 nitrogen and oxygen atoms in total. The zero-order valence-electron chi connectivity index (χ0n) is 16.1. The van der Waals surface area contributed by atoms with Gasteiger partial charge in [-0.25, -0.2) is 4.98 Å². The second-order valence-corrected chi connectivity index (χ2v) is 9.26. The number of hydrogen-bond acceptors (Lipinski definition) is 5. The normalized spacial score (nSPS) is 14.1. The molecular weight excluding hydrogens is 390 g/mol. The van der Waals surface area contributed by atoms with Crippen molar-refractivity contribution in [1.82, 2.24) is 14.5 Å². The van der Waals surface area contributed by atoms with Gasteiger partial charge in [0.1, 0.15) is 4.83 Å². The number of amides is 1. The molecule has 1 aliphatic heterocycles. The summed E-state index contributed by atoms with van der Waals surface area (Å²) in [4.78, 5) is 34.4. The lowest BCUT2D eigenvalue weighted by molar-refractivity contribution is -0.127. The van der Waals surface area contributed by atoms with Crippen molar-refractivity contribution >= 4 is 39.2 Å². The zero-order valence-corrected chi connectivity index (χ0v) is 17.7. The Hall–Kier alpha value is -2.12. The Morgan fingerprint density at radius 3 is 2.61 bits per heavy atom. The number of benzene rings is 1. The second-order valence-electron chi connectivity index (χ2n) is 7.11. The molecule has 1 saturated heterocycles. The number of thioether (sulfide) groups is 1. The van der Waals surface area contributed by atoms with E-state index in [2.05, 4.69) is 0 Å². The van der Waals surface area contributed by atoms with E-state index in [0.29, 0.717) is 22.8 Å². The van der Waals surface area contributed by atoms with E-state index in [1.54, 1.807) is 15.9 Å². The lowest BCUT2D eigenvalue weighted by Crippen LogP contribution is -2.30. The van der Waals surface area contributed by atoms with Crippen molar-refractivity contribution in [3.8, 4) is 0 Å². The highest BCUT2D eigenvalue weighted by Crippen LogP contribution is 2.29. The van der Waals surface area contributed by atoms with Gasteiger partial charge >= 0.3 is 0 Å². The summed E-state index contributed by atoms with van der Waals surface area (Å²) >= 11 is 2.92. The molecule has 1 aromatic carbocycles. The highest BCUT2D eigenvalue weighted by Gasteiger charge is 2.21. The molecule has 0 unspecified atom stereocenters. The van der Waals surface area contributed by atoms with Crippen LogP contribution in [0.5, 0.6) is 0 Å². The van der Waals surface area contributed by atoms with Crippen LogP contribution in [0.3, 0.4) is 0 Å². The van der Waals surface area contributed by atoms with Gasteiger partial charge in [-0.05, 0) is 37.8 Å². The molecule has 1 aliphatic rings. The summed E-state index contributed by atoms with van der Waals surface area (Å²) < 4.78 is 1.72. The molecule has 0 saturated carbocycles. The first-order valence-corrected chi connectivity index (χ1v) is 11.3. The Kier molecular flexibility index (Phi) is 5.55. The van der Waals surface area contributed by atoms with E-state index in [9.17, 15) is 9.59 Å². The van der Waals surface area contributed by atoms with Gasteiger partial charge in [0.25, 0.3) is 5.56 Å². The van der Waals surface area contributed by atoms with E-state index in [0.717, 1.165) is 46.8 Å². The number of rotatable bonds is 5. The predicted molar refractivity (Wildman–Crippen MR) is 115 cm³/mol. The molecule has 0 bridgehead atoms. The lowest BCUT2D eigenvalue weighted by Gasteiger charge is -2.16. The van der Waals surface area contributed by atoms with Gasteiger partial charge in [0.2, 0.25) is 5.91 Å². The van der Waals surface area contributed by atoms with Crippen molar-refractivity contribution < 1.29 is 4.79 Å². The maximum atomic E-state index is 13.3. The van der Waals surface area contributed by atoms with E-state index >= 15 is 0 Å². The van der Waals surface area contributed by atoms with Gasteiger partial charge in [0, 0.05) is 18.0 Å². The molecule has 0 spiro atoms. The fraction of sp³-hybridized carbons (Fsp3) is 0.381. The van der Waals surface area contributed by atoms with Gasteiger partial charge in [-0.2, -0.15) is 0 Å². The Labute approximate surface area is 172 Å². The quantitative estimate of drug-likeness (QED) is 0.471. The minimum Gasteiger partial charge on any atom is -0.342 e. The molecular formula is C21H23N3O2S2. The first kappa shape index (κ1) is 19.2. The molecule has 2 aromatic heterocycles. The van der Waals surface area contributed by atoms with E-state index in [1.165, 1.54) is 11.8 Å². The first-order chi connectivity index (χ1) is 13.5. The van der Waals surface area contributed by atoms with Crippen molar-refractivity contribution in [2.45, 2.75) is 38.4 Å². The van der Waals surface area contributed by atoms with Crippen molar-refractivity contribution in [2.24, 2.45) is 0 Å². The monoisotopic (exact) mass is 413 g/mol. The van der Waals surface area contributed by atoms with Crippen molar-refractivity contribution in [3.63, 3.8) is 0 Å². The molecule has 28 heavy (non-hydrogen) atoms. The summed E-state index contributed by atoms with van der Waals surface area (Å²) in [6.45, 7) is 6.13. The number of likely N-dealkylation sites (tertiary alicyclic amines) is 1. The van der Waals surface area contributed by atoms with E-state index in [1.807, 2.05) is 49.1 Å². The maximum Gasteiger partial charge on any atom is 0.263 e.